The summed E-state index contributed by atoms with van der Waals surface area (Å²) in [6.07, 6.45) is 0. The predicted molar refractivity (Wildman–Crippen MR) is 73.5 cm³/mol. The van der Waals surface area contributed by atoms with E-state index in [1.165, 1.54) is 10.1 Å². The first-order valence-electron chi connectivity index (χ1n) is 5.51. The Kier molecular flexibility index (Phi) is 16.0. The van der Waals surface area contributed by atoms with E-state index in [1.54, 1.807) is 11.3 Å². The summed E-state index contributed by atoms with van der Waals surface area (Å²) in [6.45, 7) is 0. The SMILES string of the molecule is F[B-](F)(F)F.F[B-](F)(F)F.F[B-](F)(F)F.[H-].[K+].c1ccc2sccc2c1. The van der Waals surface area contributed by atoms with Crippen molar-refractivity contribution >= 4 is 43.2 Å². The maximum Gasteiger partial charge on any atom is 1.00 e. The molecule has 0 spiro atoms. The van der Waals surface area contributed by atoms with Crippen molar-refractivity contribution in [3.05, 3.63) is 35.7 Å². The fraction of sp³-hybridized carbons (Fsp3) is 0. The predicted octanol–water partition coefficient (Wildman–Crippen LogP) is 3.92. The van der Waals surface area contributed by atoms with Crippen molar-refractivity contribution in [3.63, 3.8) is 0 Å². The zero-order chi connectivity index (χ0) is 19.6. The topological polar surface area (TPSA) is 0 Å². The number of hydrogen-bond acceptors (Lipinski definition) is 1. The standard InChI is InChI=1S/C8H6S.3BF4.K.H/c1-2-4-8-7(3-1)5-6-9-8;3*2-1(3,4)5;;/h1-6H;;;;;/q;3*-1;+1;-1. The third kappa shape index (κ3) is 40.3. The van der Waals surface area contributed by atoms with Gasteiger partial charge in [-0.2, -0.15) is 0 Å². The van der Waals surface area contributed by atoms with Gasteiger partial charge in [0.1, 0.15) is 0 Å². The van der Waals surface area contributed by atoms with E-state index >= 15 is 0 Å². The molecule has 0 aliphatic rings. The molecule has 0 bridgehead atoms. The Morgan fingerprint density at radius 1 is 0.600 bits per heavy atom. The van der Waals surface area contributed by atoms with Crippen LogP contribution in [0.3, 0.4) is 0 Å². The van der Waals surface area contributed by atoms with Gasteiger partial charge in [-0.1, -0.05) is 18.2 Å². The molecule has 0 aliphatic heterocycles. The summed E-state index contributed by atoms with van der Waals surface area (Å²) >= 11 is 1.79. The van der Waals surface area contributed by atoms with E-state index in [9.17, 15) is 51.8 Å². The number of benzene rings is 1. The molecule has 1 aromatic heterocycles. The summed E-state index contributed by atoms with van der Waals surface area (Å²) in [5.74, 6) is 0. The smallest absolute Gasteiger partial charge is 1.00 e. The number of rotatable bonds is 0. The number of fused-ring (bicyclic) bond motifs is 1. The first-order chi connectivity index (χ1) is 10.5. The summed E-state index contributed by atoms with van der Waals surface area (Å²) in [7, 11) is -18.0. The summed E-state index contributed by atoms with van der Waals surface area (Å²) in [5, 5.41) is 3.47. The van der Waals surface area contributed by atoms with Crippen LogP contribution in [0.1, 0.15) is 1.43 Å². The van der Waals surface area contributed by atoms with Gasteiger partial charge in [0.05, 0.1) is 0 Å². The van der Waals surface area contributed by atoms with Gasteiger partial charge >= 0.3 is 73.1 Å². The van der Waals surface area contributed by atoms with Crippen LogP contribution >= 0.6 is 11.3 Å². The molecule has 0 nitrogen and oxygen atoms in total. The van der Waals surface area contributed by atoms with Gasteiger partial charge < -0.3 is 53.2 Å². The Bertz CT molecular complexity index is 495. The van der Waals surface area contributed by atoms with Crippen molar-refractivity contribution in [1.29, 1.82) is 0 Å². The zero-order valence-corrected chi connectivity index (χ0v) is 16.1. The van der Waals surface area contributed by atoms with Crippen LogP contribution in [0.2, 0.25) is 0 Å². The van der Waals surface area contributed by atoms with Crippen LogP contribution in [-0.2, 0) is 0 Å². The van der Waals surface area contributed by atoms with Gasteiger partial charge in [-0.25, -0.2) is 0 Å². The van der Waals surface area contributed by atoms with Gasteiger partial charge in [0.2, 0.25) is 0 Å². The molecule has 17 heteroatoms. The molecule has 0 saturated carbocycles. The minimum Gasteiger partial charge on any atom is -1.00 e. The molecular weight excluding hydrogens is 428 g/mol. The van der Waals surface area contributed by atoms with Crippen LogP contribution in [0.5, 0.6) is 0 Å². The van der Waals surface area contributed by atoms with Gasteiger partial charge in [0.25, 0.3) is 0 Å². The third-order valence-corrected chi connectivity index (χ3v) is 2.26. The van der Waals surface area contributed by atoms with Crippen LogP contribution in [0.25, 0.3) is 10.1 Å². The van der Waals surface area contributed by atoms with Crippen molar-refractivity contribution in [2.45, 2.75) is 0 Å². The zero-order valence-electron chi connectivity index (χ0n) is 13.1. The van der Waals surface area contributed by atoms with E-state index in [2.05, 4.69) is 35.7 Å². The van der Waals surface area contributed by atoms with Gasteiger partial charge in [0.15, 0.2) is 0 Å². The second-order valence-corrected chi connectivity index (χ2v) is 4.39. The average Bonchev–Trinajstić information content (AvgIpc) is 2.69. The molecule has 1 aromatic carbocycles. The second-order valence-electron chi connectivity index (χ2n) is 3.44. The Hall–Kier alpha value is 0.171. The fourth-order valence-corrected chi connectivity index (χ4v) is 1.70. The fourth-order valence-electron chi connectivity index (χ4n) is 0.906. The van der Waals surface area contributed by atoms with Crippen LogP contribution in [0.4, 0.5) is 51.8 Å². The Balaban J connectivity index is -0.000000128. The number of hydrogen-bond donors (Lipinski definition) is 0. The molecule has 0 N–H and O–H groups in total. The Morgan fingerprint density at radius 2 is 0.920 bits per heavy atom. The molecule has 2 aromatic rings. The Morgan fingerprint density at radius 3 is 1.24 bits per heavy atom. The molecule has 0 aliphatic carbocycles. The summed E-state index contributed by atoms with van der Waals surface area (Å²) in [5.41, 5.74) is 0. The first kappa shape index (κ1) is 29.9. The van der Waals surface area contributed by atoms with Crippen LogP contribution < -0.4 is 51.4 Å². The molecule has 0 atom stereocenters. The van der Waals surface area contributed by atoms with E-state index in [-0.39, 0.29) is 52.8 Å². The molecule has 0 amide bonds. The molecule has 0 radical (unpaired) electrons. The minimum absolute atomic E-state index is 0. The molecule has 0 fully saturated rings. The van der Waals surface area contributed by atoms with Gasteiger partial charge in [-0.05, 0) is 22.9 Å². The first-order valence-corrected chi connectivity index (χ1v) is 6.39. The maximum absolute atomic E-state index is 9.75. The quantitative estimate of drug-likeness (QED) is 0.436. The number of thiophene rings is 1. The molecule has 0 saturated heterocycles. The van der Waals surface area contributed by atoms with Crippen molar-refractivity contribution in [2.75, 3.05) is 0 Å². The minimum atomic E-state index is -6.00. The van der Waals surface area contributed by atoms with Crippen LogP contribution in [-0.4, -0.2) is 21.8 Å². The summed E-state index contributed by atoms with van der Waals surface area (Å²) < 4.78 is 118. The largest absolute Gasteiger partial charge is 1.00 e. The monoisotopic (exact) mass is 435 g/mol. The van der Waals surface area contributed by atoms with Crippen molar-refractivity contribution in [3.8, 4) is 0 Å². The van der Waals surface area contributed by atoms with Crippen molar-refractivity contribution < 1.29 is 105 Å². The number of halogens is 12. The van der Waals surface area contributed by atoms with Crippen molar-refractivity contribution in [2.24, 2.45) is 0 Å². The molecule has 1 heterocycles. The molecule has 0 unspecified atom stereocenters. The molecule has 25 heavy (non-hydrogen) atoms. The van der Waals surface area contributed by atoms with E-state index in [4.69, 9.17) is 0 Å². The van der Waals surface area contributed by atoms with E-state index in [0.29, 0.717) is 0 Å². The van der Waals surface area contributed by atoms with E-state index < -0.39 is 21.8 Å². The van der Waals surface area contributed by atoms with Gasteiger partial charge in [-0.3, -0.25) is 0 Å². The van der Waals surface area contributed by atoms with Crippen LogP contribution in [0, 0.1) is 0 Å². The molecule has 2 rings (SSSR count). The van der Waals surface area contributed by atoms with Gasteiger partial charge in [-0.15, -0.1) is 11.3 Å². The van der Waals surface area contributed by atoms with Crippen LogP contribution in [0.15, 0.2) is 35.7 Å². The average molecular weight is 435 g/mol. The summed E-state index contributed by atoms with van der Waals surface area (Å²) in [4.78, 5) is 0. The second kappa shape index (κ2) is 13.4. The normalized spacial score (nSPS) is 10.9. The molecule has 142 valence electrons. The van der Waals surface area contributed by atoms with E-state index in [1.807, 2.05) is 0 Å². The Labute approximate surface area is 182 Å². The van der Waals surface area contributed by atoms with Gasteiger partial charge in [0, 0.05) is 4.70 Å². The van der Waals surface area contributed by atoms with Crippen molar-refractivity contribution in [1.82, 2.24) is 0 Å². The third-order valence-electron chi connectivity index (χ3n) is 1.36. The van der Waals surface area contributed by atoms with E-state index in [0.717, 1.165) is 0 Å². The maximum atomic E-state index is 9.75. The molecular formula is C8H7B3F12KS-3. The summed E-state index contributed by atoms with van der Waals surface area (Å²) in [6, 6.07) is 10.5.